The van der Waals surface area contributed by atoms with Crippen molar-refractivity contribution < 1.29 is 14.2 Å². The highest BCUT2D eigenvalue weighted by molar-refractivity contribution is 9.10. The van der Waals surface area contributed by atoms with E-state index < -0.39 is 0 Å². The van der Waals surface area contributed by atoms with Crippen molar-refractivity contribution in [3.63, 3.8) is 0 Å². The molecule has 0 amide bonds. The summed E-state index contributed by atoms with van der Waals surface area (Å²) in [7, 11) is 5.04. The quantitative estimate of drug-likeness (QED) is 0.804. The molecule has 1 heterocycles. The van der Waals surface area contributed by atoms with Gasteiger partial charge in [-0.3, -0.25) is 0 Å². The number of rotatable bonds is 5. The van der Waals surface area contributed by atoms with Crippen LogP contribution in [0.25, 0.3) is 0 Å². The smallest absolute Gasteiger partial charge is 0.161 e. The molecule has 0 saturated heterocycles. The molecule has 0 fully saturated rings. The third-order valence-electron chi connectivity index (χ3n) is 4.69. The molecule has 2 aromatic carbocycles. The summed E-state index contributed by atoms with van der Waals surface area (Å²) in [6.07, 6.45) is 1.88. The number of fused-ring (bicyclic) bond motifs is 1. The fraction of sp³-hybridized carbons (Fsp3) is 0.400. The van der Waals surface area contributed by atoms with E-state index in [0.717, 1.165) is 34.6 Å². The second-order valence-corrected chi connectivity index (χ2v) is 7.26. The van der Waals surface area contributed by atoms with E-state index in [9.17, 15) is 0 Å². The van der Waals surface area contributed by atoms with Crippen LogP contribution in [0, 0.1) is 0 Å². The Balaban J connectivity index is 1.94. The van der Waals surface area contributed by atoms with Crippen LogP contribution in [-0.4, -0.2) is 27.4 Å². The van der Waals surface area contributed by atoms with Gasteiger partial charge in [0.15, 0.2) is 11.5 Å². The Hall–Kier alpha value is -1.72. The van der Waals surface area contributed by atoms with E-state index >= 15 is 0 Å². The molecule has 5 heteroatoms. The summed E-state index contributed by atoms with van der Waals surface area (Å²) in [4.78, 5) is 0. The number of ether oxygens (including phenoxy) is 3. The number of benzene rings is 2. The molecule has 1 aliphatic heterocycles. The Kier molecular flexibility index (Phi) is 5.54. The zero-order valence-electron chi connectivity index (χ0n) is 15.1. The normalized spacial score (nSPS) is 19.2. The minimum atomic E-state index is 0.235. The molecule has 0 spiro atoms. The molecule has 2 atom stereocenters. The average Bonchev–Trinajstić information content (AvgIpc) is 2.60. The third kappa shape index (κ3) is 3.77. The monoisotopic (exact) mass is 405 g/mol. The van der Waals surface area contributed by atoms with Gasteiger partial charge >= 0.3 is 0 Å². The van der Waals surface area contributed by atoms with Crippen molar-refractivity contribution >= 4 is 15.9 Å². The Morgan fingerprint density at radius 1 is 1.00 bits per heavy atom. The molecule has 0 saturated carbocycles. The van der Waals surface area contributed by atoms with Gasteiger partial charge in [-0.25, -0.2) is 0 Å². The standard InChI is InChI=1S/C20H24BrNO3/c1-12-7-14-10-19(24-3)20(25-4)11-15(14)17(22-12)9-13-5-6-18(23-2)16(21)8-13/h5-6,8,10-12,17,22H,7,9H2,1-4H3. The minimum Gasteiger partial charge on any atom is -0.496 e. The van der Waals surface area contributed by atoms with Gasteiger partial charge in [0.05, 0.1) is 25.8 Å². The van der Waals surface area contributed by atoms with E-state index in [1.54, 1.807) is 21.3 Å². The minimum absolute atomic E-state index is 0.235. The summed E-state index contributed by atoms with van der Waals surface area (Å²) >= 11 is 3.58. The molecule has 1 N–H and O–H groups in total. The highest BCUT2D eigenvalue weighted by Crippen LogP contribution is 2.37. The van der Waals surface area contributed by atoms with Gasteiger partial charge in [-0.1, -0.05) is 6.07 Å². The fourth-order valence-electron chi connectivity index (χ4n) is 3.50. The first-order chi connectivity index (χ1) is 12.0. The lowest BCUT2D eigenvalue weighted by Crippen LogP contribution is -2.38. The van der Waals surface area contributed by atoms with Crippen molar-refractivity contribution in [2.75, 3.05) is 21.3 Å². The molecule has 1 aliphatic rings. The van der Waals surface area contributed by atoms with Crippen LogP contribution in [-0.2, 0) is 12.8 Å². The van der Waals surface area contributed by atoms with Gasteiger partial charge in [0.1, 0.15) is 5.75 Å². The van der Waals surface area contributed by atoms with Crippen molar-refractivity contribution in [3.05, 3.63) is 51.5 Å². The van der Waals surface area contributed by atoms with Crippen LogP contribution < -0.4 is 19.5 Å². The van der Waals surface area contributed by atoms with Crippen LogP contribution in [0.5, 0.6) is 17.2 Å². The Bertz CT molecular complexity index is 763. The molecule has 25 heavy (non-hydrogen) atoms. The highest BCUT2D eigenvalue weighted by atomic mass is 79.9. The van der Waals surface area contributed by atoms with Crippen LogP contribution in [0.2, 0.25) is 0 Å². The first-order valence-corrected chi connectivity index (χ1v) is 9.18. The predicted molar refractivity (Wildman–Crippen MR) is 103 cm³/mol. The maximum Gasteiger partial charge on any atom is 0.161 e. The SMILES string of the molecule is COc1ccc(CC2NC(C)Cc3cc(OC)c(OC)cc32)cc1Br. The zero-order chi connectivity index (χ0) is 18.0. The van der Waals surface area contributed by atoms with Crippen molar-refractivity contribution in [2.45, 2.75) is 31.8 Å². The van der Waals surface area contributed by atoms with Gasteiger partial charge in [-0.05, 0) is 76.7 Å². The van der Waals surface area contributed by atoms with E-state index in [2.05, 4.69) is 52.4 Å². The second-order valence-electron chi connectivity index (χ2n) is 6.40. The lowest BCUT2D eigenvalue weighted by Gasteiger charge is -2.32. The summed E-state index contributed by atoms with van der Waals surface area (Å²) in [5.41, 5.74) is 3.85. The molecular formula is C20H24BrNO3. The lowest BCUT2D eigenvalue weighted by atomic mass is 9.87. The van der Waals surface area contributed by atoms with Gasteiger partial charge in [-0.2, -0.15) is 0 Å². The van der Waals surface area contributed by atoms with Gasteiger partial charge in [0, 0.05) is 12.1 Å². The van der Waals surface area contributed by atoms with Crippen molar-refractivity contribution in [1.29, 1.82) is 0 Å². The van der Waals surface area contributed by atoms with E-state index in [4.69, 9.17) is 14.2 Å². The highest BCUT2D eigenvalue weighted by Gasteiger charge is 2.26. The first-order valence-electron chi connectivity index (χ1n) is 8.39. The van der Waals surface area contributed by atoms with E-state index in [1.807, 2.05) is 6.07 Å². The Morgan fingerprint density at radius 3 is 2.32 bits per heavy atom. The Labute approximate surface area is 157 Å². The van der Waals surface area contributed by atoms with Crippen LogP contribution in [0.1, 0.15) is 29.7 Å². The molecule has 2 unspecified atom stereocenters. The largest absolute Gasteiger partial charge is 0.496 e. The summed E-state index contributed by atoms with van der Waals surface area (Å²) in [5.74, 6) is 2.42. The molecule has 0 aromatic heterocycles. The van der Waals surface area contributed by atoms with Crippen molar-refractivity contribution in [2.24, 2.45) is 0 Å². The van der Waals surface area contributed by atoms with Gasteiger partial charge in [-0.15, -0.1) is 0 Å². The molecule has 0 aliphatic carbocycles. The van der Waals surface area contributed by atoms with Crippen molar-refractivity contribution in [3.8, 4) is 17.2 Å². The second kappa shape index (κ2) is 7.67. The third-order valence-corrected chi connectivity index (χ3v) is 5.31. The molecule has 0 radical (unpaired) electrons. The van der Waals surface area contributed by atoms with Crippen LogP contribution in [0.3, 0.4) is 0 Å². The van der Waals surface area contributed by atoms with Gasteiger partial charge in [0.2, 0.25) is 0 Å². The number of nitrogens with one attached hydrogen (secondary N) is 1. The molecule has 4 nitrogen and oxygen atoms in total. The van der Waals surface area contributed by atoms with Crippen molar-refractivity contribution in [1.82, 2.24) is 5.32 Å². The average molecular weight is 406 g/mol. The van der Waals surface area contributed by atoms with Gasteiger partial charge in [0.25, 0.3) is 0 Å². The summed E-state index contributed by atoms with van der Waals surface area (Å²) < 4.78 is 17.3. The maximum absolute atomic E-state index is 5.50. The number of hydrogen-bond acceptors (Lipinski definition) is 4. The summed E-state index contributed by atoms with van der Waals surface area (Å²) in [6, 6.07) is 11.1. The molecule has 3 rings (SSSR count). The number of methoxy groups -OCH3 is 3. The number of halogens is 1. The lowest BCUT2D eigenvalue weighted by molar-refractivity contribution is 0.349. The fourth-order valence-corrected chi connectivity index (χ4v) is 4.09. The molecule has 2 aromatic rings. The van der Waals surface area contributed by atoms with E-state index in [-0.39, 0.29) is 6.04 Å². The molecule has 0 bridgehead atoms. The van der Waals surface area contributed by atoms with Crippen LogP contribution in [0.4, 0.5) is 0 Å². The van der Waals surface area contributed by atoms with Gasteiger partial charge < -0.3 is 19.5 Å². The molecular weight excluding hydrogens is 382 g/mol. The first kappa shape index (κ1) is 18.1. The summed E-state index contributed by atoms with van der Waals surface area (Å²) in [5, 5.41) is 3.71. The van der Waals surface area contributed by atoms with Crippen LogP contribution in [0.15, 0.2) is 34.8 Å². The Morgan fingerprint density at radius 2 is 1.68 bits per heavy atom. The molecule has 134 valence electrons. The zero-order valence-corrected chi connectivity index (χ0v) is 16.6. The number of hydrogen-bond donors (Lipinski definition) is 1. The summed E-state index contributed by atoms with van der Waals surface area (Å²) in [6.45, 7) is 2.22. The predicted octanol–water partition coefficient (Wildman–Crippen LogP) is 4.29. The van der Waals surface area contributed by atoms with E-state index in [0.29, 0.717) is 6.04 Å². The maximum atomic E-state index is 5.50. The topological polar surface area (TPSA) is 39.7 Å². The van der Waals surface area contributed by atoms with E-state index in [1.165, 1.54) is 16.7 Å². The van der Waals surface area contributed by atoms with Crippen LogP contribution >= 0.6 is 15.9 Å².